The molecule has 0 saturated carbocycles. The minimum Gasteiger partial charge on any atom is -0.357 e. The van der Waals surface area contributed by atoms with Crippen LogP contribution >= 0.6 is 0 Å². The van der Waals surface area contributed by atoms with Crippen molar-refractivity contribution in [3.05, 3.63) is 47.0 Å². The number of hydrogen-bond acceptors (Lipinski definition) is 4. The zero-order chi connectivity index (χ0) is 20.8. The summed E-state index contributed by atoms with van der Waals surface area (Å²) in [4.78, 5) is 6.90. The lowest BCUT2D eigenvalue weighted by Gasteiger charge is -2.33. The summed E-state index contributed by atoms with van der Waals surface area (Å²) in [6.07, 6.45) is 1.91. The Balaban J connectivity index is 1.51. The predicted octanol–water partition coefficient (Wildman–Crippen LogP) is 2.12. The first kappa shape index (κ1) is 21.2. The Morgan fingerprint density at radius 2 is 1.97 bits per heavy atom. The van der Waals surface area contributed by atoms with E-state index >= 15 is 0 Å². The molecule has 9 heteroatoms. The molecule has 2 heterocycles. The predicted molar refractivity (Wildman–Crippen MR) is 108 cm³/mol. The maximum atomic E-state index is 13.4. The van der Waals surface area contributed by atoms with Crippen LogP contribution in [0.4, 0.5) is 8.78 Å². The molecule has 0 radical (unpaired) electrons. The largest absolute Gasteiger partial charge is 0.357 e. The lowest BCUT2D eigenvalue weighted by molar-refractivity contribution is 0.198. The molecule has 1 aromatic carbocycles. The summed E-state index contributed by atoms with van der Waals surface area (Å²) in [5.41, 5.74) is 0.796. The summed E-state index contributed by atoms with van der Waals surface area (Å²) < 4.78 is 28.4. The summed E-state index contributed by atoms with van der Waals surface area (Å²) in [6.45, 7) is 7.59. The van der Waals surface area contributed by atoms with Crippen LogP contribution in [0.1, 0.15) is 37.0 Å². The van der Waals surface area contributed by atoms with Crippen LogP contribution in [0.25, 0.3) is 0 Å². The van der Waals surface area contributed by atoms with Gasteiger partial charge in [-0.25, -0.2) is 13.8 Å². The van der Waals surface area contributed by atoms with Crippen molar-refractivity contribution >= 4 is 5.96 Å². The fraction of sp³-hybridized carbons (Fsp3) is 0.550. The molecular formula is C20H29F2N7. The second-order valence-corrected chi connectivity index (χ2v) is 7.36. The average Bonchev–Trinajstić information content (AvgIpc) is 3.02. The maximum absolute atomic E-state index is 13.4. The van der Waals surface area contributed by atoms with Gasteiger partial charge in [-0.3, -0.25) is 4.90 Å². The van der Waals surface area contributed by atoms with E-state index in [-0.39, 0.29) is 0 Å². The van der Waals surface area contributed by atoms with E-state index in [0.717, 1.165) is 55.6 Å². The van der Waals surface area contributed by atoms with Gasteiger partial charge in [-0.05, 0) is 44.4 Å². The number of aromatic nitrogens is 3. The van der Waals surface area contributed by atoms with Gasteiger partial charge >= 0.3 is 0 Å². The van der Waals surface area contributed by atoms with Crippen molar-refractivity contribution in [3.63, 3.8) is 0 Å². The van der Waals surface area contributed by atoms with E-state index in [1.165, 1.54) is 12.1 Å². The van der Waals surface area contributed by atoms with Crippen molar-refractivity contribution in [2.75, 3.05) is 19.6 Å². The smallest absolute Gasteiger partial charge is 0.191 e. The number of rotatable bonds is 6. The van der Waals surface area contributed by atoms with Gasteiger partial charge in [0.1, 0.15) is 12.4 Å². The summed E-state index contributed by atoms with van der Waals surface area (Å²) in [5, 5.41) is 15.0. The third kappa shape index (κ3) is 5.72. The Hall–Kier alpha value is -2.55. The maximum Gasteiger partial charge on any atom is 0.191 e. The molecule has 1 saturated heterocycles. The van der Waals surface area contributed by atoms with Crippen LogP contribution in [0, 0.1) is 18.6 Å². The van der Waals surface area contributed by atoms with Crippen LogP contribution in [0.3, 0.4) is 0 Å². The van der Waals surface area contributed by atoms with Crippen LogP contribution in [-0.4, -0.2) is 51.3 Å². The molecule has 2 aromatic rings. The Morgan fingerprint density at radius 1 is 1.21 bits per heavy atom. The standard InChI is InChI=1S/C20H29F2N7/c1-4-23-20(24-12-19-27-26-14(2)28(19)3)25-16-7-9-29(10-8-16)13-15-5-6-17(21)18(22)11-15/h5-6,11,16H,4,7-10,12-13H2,1-3H3,(H2,23,24,25). The van der Waals surface area contributed by atoms with Gasteiger partial charge in [0.05, 0.1) is 0 Å². The highest BCUT2D eigenvalue weighted by Gasteiger charge is 2.20. The highest BCUT2D eigenvalue weighted by atomic mass is 19.2. The van der Waals surface area contributed by atoms with Gasteiger partial charge < -0.3 is 15.2 Å². The molecule has 0 atom stereocenters. The Kier molecular flexibility index (Phi) is 7.13. The number of hydrogen-bond donors (Lipinski definition) is 2. The topological polar surface area (TPSA) is 70.4 Å². The van der Waals surface area contributed by atoms with E-state index in [4.69, 9.17) is 0 Å². The quantitative estimate of drug-likeness (QED) is 0.569. The van der Waals surface area contributed by atoms with E-state index in [0.29, 0.717) is 19.1 Å². The first-order valence-electron chi connectivity index (χ1n) is 10.0. The van der Waals surface area contributed by atoms with Gasteiger partial charge in [0.25, 0.3) is 0 Å². The second kappa shape index (κ2) is 9.78. The number of nitrogens with zero attached hydrogens (tertiary/aromatic N) is 5. The fourth-order valence-electron chi connectivity index (χ4n) is 3.38. The van der Waals surface area contributed by atoms with E-state index in [2.05, 4.69) is 30.7 Å². The van der Waals surface area contributed by atoms with Crippen LogP contribution in [-0.2, 0) is 20.1 Å². The Labute approximate surface area is 170 Å². The molecule has 7 nitrogen and oxygen atoms in total. The first-order chi connectivity index (χ1) is 14.0. The molecule has 0 unspecified atom stereocenters. The van der Waals surface area contributed by atoms with Crippen molar-refractivity contribution in [2.24, 2.45) is 12.0 Å². The molecule has 29 heavy (non-hydrogen) atoms. The molecule has 3 rings (SSSR count). The summed E-state index contributed by atoms with van der Waals surface area (Å²) in [6, 6.07) is 4.43. The molecule has 1 aliphatic heterocycles. The highest BCUT2D eigenvalue weighted by Crippen LogP contribution is 2.16. The van der Waals surface area contributed by atoms with Crippen LogP contribution < -0.4 is 10.6 Å². The van der Waals surface area contributed by atoms with Gasteiger partial charge in [0, 0.05) is 39.3 Å². The number of piperidine rings is 1. The molecule has 2 N–H and O–H groups in total. The Morgan fingerprint density at radius 3 is 2.59 bits per heavy atom. The van der Waals surface area contributed by atoms with Crippen LogP contribution in [0.5, 0.6) is 0 Å². The summed E-state index contributed by atoms with van der Waals surface area (Å²) >= 11 is 0. The number of aliphatic imine (C=N–C) groups is 1. The average molecular weight is 405 g/mol. The molecule has 158 valence electrons. The highest BCUT2D eigenvalue weighted by molar-refractivity contribution is 5.80. The van der Waals surface area contributed by atoms with Crippen LogP contribution in [0.15, 0.2) is 23.2 Å². The normalized spacial score (nSPS) is 16.2. The molecule has 0 aliphatic carbocycles. The molecule has 1 aliphatic rings. The number of likely N-dealkylation sites (tertiary alicyclic amines) is 1. The van der Waals surface area contributed by atoms with Crippen molar-refractivity contribution in [1.82, 2.24) is 30.3 Å². The van der Waals surface area contributed by atoms with Crippen molar-refractivity contribution in [1.29, 1.82) is 0 Å². The first-order valence-corrected chi connectivity index (χ1v) is 10.0. The van der Waals surface area contributed by atoms with E-state index in [1.807, 2.05) is 25.5 Å². The number of nitrogens with one attached hydrogen (secondary N) is 2. The SMILES string of the molecule is CCNC(=NCc1nnc(C)n1C)NC1CCN(Cc2ccc(F)c(F)c2)CC1. The lowest BCUT2D eigenvalue weighted by Crippen LogP contribution is -2.48. The van der Waals surface area contributed by atoms with Crippen molar-refractivity contribution in [3.8, 4) is 0 Å². The van der Waals surface area contributed by atoms with Gasteiger partial charge in [0.2, 0.25) is 0 Å². The van der Waals surface area contributed by atoms with Gasteiger partial charge in [0.15, 0.2) is 23.4 Å². The molecular weight excluding hydrogens is 376 g/mol. The summed E-state index contributed by atoms with van der Waals surface area (Å²) in [7, 11) is 1.93. The van der Waals surface area contributed by atoms with Crippen molar-refractivity contribution in [2.45, 2.75) is 45.8 Å². The fourth-order valence-corrected chi connectivity index (χ4v) is 3.38. The zero-order valence-corrected chi connectivity index (χ0v) is 17.3. The van der Waals surface area contributed by atoms with Gasteiger partial charge in [-0.15, -0.1) is 10.2 Å². The number of benzene rings is 1. The minimum absolute atomic E-state index is 0.315. The molecule has 0 amide bonds. The van der Waals surface area contributed by atoms with E-state index in [9.17, 15) is 8.78 Å². The number of halogens is 2. The van der Waals surface area contributed by atoms with E-state index in [1.54, 1.807) is 6.07 Å². The number of guanidine groups is 1. The zero-order valence-electron chi connectivity index (χ0n) is 17.3. The van der Waals surface area contributed by atoms with Gasteiger partial charge in [-0.2, -0.15) is 0 Å². The molecule has 1 fully saturated rings. The van der Waals surface area contributed by atoms with Gasteiger partial charge in [-0.1, -0.05) is 6.07 Å². The Bertz CT molecular complexity index is 841. The minimum atomic E-state index is -0.802. The lowest BCUT2D eigenvalue weighted by atomic mass is 10.0. The molecule has 0 bridgehead atoms. The summed E-state index contributed by atoms with van der Waals surface area (Å²) in [5.74, 6) is 0.863. The molecule has 0 spiro atoms. The second-order valence-electron chi connectivity index (χ2n) is 7.36. The van der Waals surface area contributed by atoms with E-state index < -0.39 is 11.6 Å². The number of aryl methyl sites for hydroxylation is 1. The third-order valence-electron chi connectivity index (χ3n) is 5.22. The third-order valence-corrected chi connectivity index (χ3v) is 5.22. The van der Waals surface area contributed by atoms with Crippen LogP contribution in [0.2, 0.25) is 0 Å². The molecule has 1 aromatic heterocycles. The monoisotopic (exact) mass is 405 g/mol. The van der Waals surface area contributed by atoms with Crippen molar-refractivity contribution < 1.29 is 8.78 Å².